The third kappa shape index (κ3) is 3.61. The number of para-hydroxylation sites is 1. The number of benzene rings is 2. The summed E-state index contributed by atoms with van der Waals surface area (Å²) in [5.74, 6) is -0.365. The summed E-state index contributed by atoms with van der Waals surface area (Å²) < 4.78 is 13.2. The van der Waals surface area contributed by atoms with Gasteiger partial charge in [-0.2, -0.15) is 0 Å². The smallest absolute Gasteiger partial charge is 0.258 e. The van der Waals surface area contributed by atoms with E-state index in [0.717, 1.165) is 25.1 Å². The number of fused-ring (bicyclic) bond motifs is 1. The number of carbonyl (C=O) groups is 1. The number of rotatable bonds is 3. The molecule has 0 saturated heterocycles. The molecule has 2 heterocycles. The number of aromatic nitrogens is 2. The molecular formula is C20H16ClFN4O. The molecule has 0 atom stereocenters. The molecule has 0 saturated carbocycles. The molecule has 1 aliphatic rings. The van der Waals surface area contributed by atoms with Crippen molar-refractivity contribution in [2.24, 2.45) is 0 Å². The Morgan fingerprint density at radius 3 is 2.70 bits per heavy atom. The molecule has 0 radical (unpaired) electrons. The SMILES string of the molecule is O=C(Nc1ccc(F)c(Cl)c1)c1cnc(N2CCCc3ccccc32)nc1. The standard InChI is InChI=1S/C20H16ClFN4O/c21-16-10-15(7-8-17(16)22)25-19(27)14-11-23-20(24-12-14)26-9-3-5-13-4-1-2-6-18(13)26/h1-2,4,6-8,10-12H,3,5,9H2,(H,25,27). The van der Waals surface area contributed by atoms with Crippen LogP contribution in [0.25, 0.3) is 0 Å². The van der Waals surface area contributed by atoms with Gasteiger partial charge in [-0.05, 0) is 42.7 Å². The summed E-state index contributed by atoms with van der Waals surface area (Å²) in [4.78, 5) is 23.1. The van der Waals surface area contributed by atoms with Crippen molar-refractivity contribution in [3.05, 3.63) is 76.8 Å². The van der Waals surface area contributed by atoms with Gasteiger partial charge in [0.2, 0.25) is 5.95 Å². The maximum Gasteiger partial charge on any atom is 0.258 e. The summed E-state index contributed by atoms with van der Waals surface area (Å²) in [6.45, 7) is 0.830. The molecule has 0 unspecified atom stereocenters. The molecule has 2 aromatic carbocycles. The van der Waals surface area contributed by atoms with Gasteiger partial charge in [-0.25, -0.2) is 14.4 Å². The Morgan fingerprint density at radius 1 is 1.15 bits per heavy atom. The van der Waals surface area contributed by atoms with Crippen LogP contribution in [0.3, 0.4) is 0 Å². The first-order valence-corrected chi connectivity index (χ1v) is 8.93. The molecule has 0 fully saturated rings. The second-order valence-corrected chi connectivity index (χ2v) is 6.65. The molecule has 27 heavy (non-hydrogen) atoms. The van der Waals surface area contributed by atoms with Crippen molar-refractivity contribution in [2.75, 3.05) is 16.8 Å². The van der Waals surface area contributed by atoms with Crippen molar-refractivity contribution in [3.63, 3.8) is 0 Å². The van der Waals surface area contributed by atoms with Gasteiger partial charge in [0.25, 0.3) is 5.91 Å². The molecule has 4 rings (SSSR count). The highest BCUT2D eigenvalue weighted by Gasteiger charge is 2.20. The van der Waals surface area contributed by atoms with Gasteiger partial charge in [0.1, 0.15) is 5.82 Å². The lowest BCUT2D eigenvalue weighted by Crippen LogP contribution is -2.26. The first kappa shape index (κ1) is 17.4. The summed E-state index contributed by atoms with van der Waals surface area (Å²) >= 11 is 5.73. The molecule has 7 heteroatoms. The minimum atomic E-state index is -0.538. The average molecular weight is 383 g/mol. The van der Waals surface area contributed by atoms with Crippen LogP contribution >= 0.6 is 11.6 Å². The van der Waals surface area contributed by atoms with E-state index in [4.69, 9.17) is 11.6 Å². The Bertz CT molecular complexity index is 994. The first-order chi connectivity index (χ1) is 13.1. The zero-order valence-electron chi connectivity index (χ0n) is 14.3. The van der Waals surface area contributed by atoms with Crippen LogP contribution in [0.15, 0.2) is 54.9 Å². The van der Waals surface area contributed by atoms with Gasteiger partial charge >= 0.3 is 0 Å². The predicted molar refractivity (Wildman–Crippen MR) is 103 cm³/mol. The molecular weight excluding hydrogens is 367 g/mol. The molecule has 5 nitrogen and oxygen atoms in total. The lowest BCUT2D eigenvalue weighted by molar-refractivity contribution is 0.102. The van der Waals surface area contributed by atoms with E-state index in [0.29, 0.717) is 17.2 Å². The number of hydrogen-bond acceptors (Lipinski definition) is 4. The lowest BCUT2D eigenvalue weighted by Gasteiger charge is -2.29. The summed E-state index contributed by atoms with van der Waals surface area (Å²) in [7, 11) is 0. The lowest BCUT2D eigenvalue weighted by atomic mass is 10.0. The van der Waals surface area contributed by atoms with Crippen molar-refractivity contribution in [2.45, 2.75) is 12.8 Å². The van der Waals surface area contributed by atoms with E-state index in [-0.39, 0.29) is 10.9 Å². The van der Waals surface area contributed by atoms with Crippen molar-refractivity contribution in [1.82, 2.24) is 9.97 Å². The molecule has 0 spiro atoms. The summed E-state index contributed by atoms with van der Waals surface area (Å²) in [6.07, 6.45) is 5.03. The van der Waals surface area contributed by atoms with Crippen LogP contribution in [0.5, 0.6) is 0 Å². The van der Waals surface area contributed by atoms with Crippen LogP contribution in [0, 0.1) is 5.82 Å². The van der Waals surface area contributed by atoms with Crippen LogP contribution < -0.4 is 10.2 Å². The van der Waals surface area contributed by atoms with Crippen LogP contribution in [0.1, 0.15) is 22.3 Å². The topological polar surface area (TPSA) is 58.1 Å². The Kier molecular flexibility index (Phi) is 4.73. The fourth-order valence-corrected chi connectivity index (χ4v) is 3.28. The number of anilines is 3. The minimum Gasteiger partial charge on any atom is -0.322 e. The zero-order chi connectivity index (χ0) is 18.8. The molecule has 0 aliphatic carbocycles. The van der Waals surface area contributed by atoms with E-state index in [1.807, 2.05) is 12.1 Å². The number of nitrogens with zero attached hydrogens (tertiary/aromatic N) is 3. The summed E-state index contributed by atoms with van der Waals surface area (Å²) in [5.41, 5.74) is 3.08. The van der Waals surface area contributed by atoms with Crippen LogP contribution in [-0.2, 0) is 6.42 Å². The van der Waals surface area contributed by atoms with Crippen molar-refractivity contribution in [3.8, 4) is 0 Å². The highest BCUT2D eigenvalue weighted by molar-refractivity contribution is 6.31. The Balaban J connectivity index is 1.52. The zero-order valence-corrected chi connectivity index (χ0v) is 15.1. The molecule has 1 N–H and O–H groups in total. The van der Waals surface area contributed by atoms with E-state index in [1.165, 1.54) is 36.2 Å². The van der Waals surface area contributed by atoms with Crippen molar-refractivity contribution < 1.29 is 9.18 Å². The van der Waals surface area contributed by atoms with Gasteiger partial charge in [0.05, 0.1) is 10.6 Å². The van der Waals surface area contributed by atoms with Crippen LogP contribution in [0.2, 0.25) is 5.02 Å². The van der Waals surface area contributed by atoms with Gasteiger partial charge in [0.15, 0.2) is 0 Å². The Morgan fingerprint density at radius 2 is 1.93 bits per heavy atom. The molecule has 1 aromatic heterocycles. The van der Waals surface area contributed by atoms with E-state index in [9.17, 15) is 9.18 Å². The number of aryl methyl sites for hydroxylation is 1. The molecule has 3 aromatic rings. The van der Waals surface area contributed by atoms with Gasteiger partial charge in [0, 0.05) is 30.3 Å². The third-order valence-electron chi connectivity index (χ3n) is 4.43. The quantitative estimate of drug-likeness (QED) is 0.718. The second kappa shape index (κ2) is 7.32. The molecule has 1 amide bonds. The maximum absolute atomic E-state index is 13.2. The molecule has 0 bridgehead atoms. The summed E-state index contributed by atoms with van der Waals surface area (Å²) in [6, 6.07) is 12.2. The van der Waals surface area contributed by atoms with E-state index < -0.39 is 5.82 Å². The highest BCUT2D eigenvalue weighted by Crippen LogP contribution is 2.31. The Hall–Kier alpha value is -2.99. The molecule has 1 aliphatic heterocycles. The van der Waals surface area contributed by atoms with Gasteiger partial charge < -0.3 is 10.2 Å². The molecule has 136 valence electrons. The Labute approximate surface area is 160 Å². The third-order valence-corrected chi connectivity index (χ3v) is 4.72. The summed E-state index contributed by atoms with van der Waals surface area (Å²) in [5, 5.41) is 2.60. The van der Waals surface area contributed by atoms with Crippen molar-refractivity contribution >= 4 is 34.8 Å². The normalized spacial score (nSPS) is 13.2. The van der Waals surface area contributed by atoms with Gasteiger partial charge in [-0.15, -0.1) is 0 Å². The highest BCUT2D eigenvalue weighted by atomic mass is 35.5. The maximum atomic E-state index is 13.2. The minimum absolute atomic E-state index is 0.0526. The number of nitrogens with one attached hydrogen (secondary N) is 1. The number of carbonyl (C=O) groups excluding carboxylic acids is 1. The predicted octanol–water partition coefficient (Wildman–Crippen LogP) is 4.61. The largest absolute Gasteiger partial charge is 0.322 e. The second-order valence-electron chi connectivity index (χ2n) is 6.24. The van der Waals surface area contributed by atoms with Crippen LogP contribution in [-0.4, -0.2) is 22.4 Å². The number of amides is 1. The van der Waals surface area contributed by atoms with E-state index >= 15 is 0 Å². The van der Waals surface area contributed by atoms with Crippen LogP contribution in [0.4, 0.5) is 21.7 Å². The van der Waals surface area contributed by atoms with E-state index in [2.05, 4.69) is 32.3 Å². The van der Waals surface area contributed by atoms with E-state index in [1.54, 1.807) is 0 Å². The number of halogens is 2. The first-order valence-electron chi connectivity index (χ1n) is 8.56. The fourth-order valence-electron chi connectivity index (χ4n) is 3.10. The monoisotopic (exact) mass is 382 g/mol. The van der Waals surface area contributed by atoms with Gasteiger partial charge in [-0.3, -0.25) is 4.79 Å². The average Bonchev–Trinajstić information content (AvgIpc) is 2.70. The van der Waals surface area contributed by atoms with Gasteiger partial charge in [-0.1, -0.05) is 29.8 Å². The number of hydrogen-bond donors (Lipinski definition) is 1. The van der Waals surface area contributed by atoms with Crippen molar-refractivity contribution in [1.29, 1.82) is 0 Å². The fraction of sp³-hybridized carbons (Fsp3) is 0.150.